The summed E-state index contributed by atoms with van der Waals surface area (Å²) in [6.45, 7) is 5.33. The minimum absolute atomic E-state index is 0.153. The zero-order valence-electron chi connectivity index (χ0n) is 17.8. The Balaban J connectivity index is 2.02. The van der Waals surface area contributed by atoms with Crippen molar-refractivity contribution in [3.8, 4) is 0 Å². The lowest BCUT2D eigenvalue weighted by molar-refractivity contribution is -0.122. The second-order valence-electron chi connectivity index (χ2n) is 8.12. The van der Waals surface area contributed by atoms with E-state index in [0.717, 1.165) is 11.3 Å². The van der Waals surface area contributed by atoms with Crippen LogP contribution in [0.1, 0.15) is 32.1 Å². The van der Waals surface area contributed by atoms with Crippen LogP contribution in [0.15, 0.2) is 45.8 Å². The van der Waals surface area contributed by atoms with Gasteiger partial charge in [0, 0.05) is 21.5 Å². The van der Waals surface area contributed by atoms with Crippen LogP contribution in [0.4, 0.5) is 0 Å². The van der Waals surface area contributed by atoms with Crippen molar-refractivity contribution in [2.24, 2.45) is 5.41 Å². The lowest BCUT2D eigenvalue weighted by Gasteiger charge is -2.12. The third kappa shape index (κ3) is 6.00. The largest absolute Gasteiger partial charge is 0.467 e. The number of furan rings is 1. The standard InChI is InChI=1S/C23H22Cl2N2O4S/c1-23(2,3)19(28)11-21-27(13-20(29)26-12-16-5-4-8-31-16)22(30)18(32-21)9-14-6-7-15(24)10-17(14)25/h4-11H,12-13H2,1-3H3,(H,26,29). The molecule has 0 aliphatic heterocycles. The van der Waals surface area contributed by atoms with E-state index in [2.05, 4.69) is 5.32 Å². The molecule has 0 spiro atoms. The molecule has 32 heavy (non-hydrogen) atoms. The molecular formula is C23H22Cl2N2O4S. The smallest absolute Gasteiger partial charge is 0.269 e. The molecule has 0 saturated carbocycles. The molecule has 1 N–H and O–H groups in total. The van der Waals surface area contributed by atoms with Gasteiger partial charge in [0.15, 0.2) is 5.78 Å². The van der Waals surface area contributed by atoms with Crippen molar-refractivity contribution >= 4 is 58.4 Å². The van der Waals surface area contributed by atoms with E-state index in [1.54, 1.807) is 57.2 Å². The molecule has 2 heterocycles. The van der Waals surface area contributed by atoms with Crippen molar-refractivity contribution in [1.82, 2.24) is 9.88 Å². The van der Waals surface area contributed by atoms with Gasteiger partial charge in [-0.1, -0.05) is 50.0 Å². The number of amides is 1. The molecule has 2 aromatic heterocycles. The first kappa shape index (κ1) is 24.0. The fourth-order valence-corrected chi connectivity index (χ4v) is 4.18. The van der Waals surface area contributed by atoms with Gasteiger partial charge in [-0.15, -0.1) is 11.3 Å². The normalized spacial score (nSPS) is 12.9. The van der Waals surface area contributed by atoms with E-state index in [-0.39, 0.29) is 30.3 Å². The van der Waals surface area contributed by atoms with Gasteiger partial charge >= 0.3 is 0 Å². The number of carbonyl (C=O) groups is 2. The summed E-state index contributed by atoms with van der Waals surface area (Å²) in [7, 11) is 0. The molecule has 0 unspecified atom stereocenters. The molecule has 168 valence electrons. The topological polar surface area (TPSA) is 81.3 Å². The van der Waals surface area contributed by atoms with Gasteiger partial charge in [0.1, 0.15) is 17.0 Å². The third-order valence-electron chi connectivity index (χ3n) is 4.52. The Hall–Kier alpha value is -2.61. The maximum atomic E-state index is 13.1. The van der Waals surface area contributed by atoms with Gasteiger partial charge in [-0.3, -0.25) is 19.0 Å². The highest BCUT2D eigenvalue weighted by Gasteiger charge is 2.20. The van der Waals surface area contributed by atoms with Crippen LogP contribution in [0.5, 0.6) is 0 Å². The summed E-state index contributed by atoms with van der Waals surface area (Å²) >= 11 is 13.3. The van der Waals surface area contributed by atoms with E-state index in [0.29, 0.717) is 30.6 Å². The monoisotopic (exact) mass is 492 g/mol. The molecule has 0 bridgehead atoms. The first-order chi connectivity index (χ1) is 15.0. The quantitative estimate of drug-likeness (QED) is 0.571. The van der Waals surface area contributed by atoms with Crippen molar-refractivity contribution in [3.05, 3.63) is 77.5 Å². The molecule has 9 heteroatoms. The number of aromatic nitrogens is 1. The number of benzene rings is 1. The Morgan fingerprint density at radius 2 is 1.97 bits per heavy atom. The Morgan fingerprint density at radius 1 is 1.22 bits per heavy atom. The number of hydrogen-bond acceptors (Lipinski definition) is 5. The van der Waals surface area contributed by atoms with Gasteiger partial charge in [0.25, 0.3) is 5.56 Å². The van der Waals surface area contributed by atoms with Gasteiger partial charge in [-0.2, -0.15) is 0 Å². The minimum Gasteiger partial charge on any atom is -0.467 e. The molecule has 0 radical (unpaired) electrons. The molecule has 0 saturated heterocycles. The zero-order valence-corrected chi connectivity index (χ0v) is 20.1. The Morgan fingerprint density at radius 3 is 2.59 bits per heavy atom. The first-order valence-electron chi connectivity index (χ1n) is 9.76. The van der Waals surface area contributed by atoms with Crippen molar-refractivity contribution in [2.75, 3.05) is 0 Å². The number of rotatable bonds is 6. The molecule has 6 nitrogen and oxygen atoms in total. The maximum Gasteiger partial charge on any atom is 0.269 e. The predicted octanol–water partition coefficient (Wildman–Crippen LogP) is 3.35. The lowest BCUT2D eigenvalue weighted by atomic mass is 9.91. The molecule has 0 fully saturated rings. The summed E-state index contributed by atoms with van der Waals surface area (Å²) in [6.07, 6.45) is 4.55. The molecule has 0 aliphatic carbocycles. The van der Waals surface area contributed by atoms with Crippen LogP contribution < -0.4 is 20.1 Å². The highest BCUT2D eigenvalue weighted by molar-refractivity contribution is 7.07. The third-order valence-corrected chi connectivity index (χ3v) is 6.14. The van der Waals surface area contributed by atoms with Crippen molar-refractivity contribution in [3.63, 3.8) is 0 Å². The Kier molecular flexibility index (Phi) is 7.44. The predicted molar refractivity (Wildman–Crippen MR) is 127 cm³/mol. The molecule has 1 amide bonds. The molecule has 3 rings (SSSR count). The van der Waals surface area contributed by atoms with E-state index in [9.17, 15) is 14.4 Å². The van der Waals surface area contributed by atoms with Crippen LogP contribution in [0, 0.1) is 5.41 Å². The van der Waals surface area contributed by atoms with E-state index in [1.807, 2.05) is 0 Å². The van der Waals surface area contributed by atoms with Crippen LogP contribution >= 0.6 is 34.5 Å². The van der Waals surface area contributed by atoms with E-state index in [4.69, 9.17) is 27.6 Å². The number of ketones is 1. The summed E-state index contributed by atoms with van der Waals surface area (Å²) in [5.74, 6) is 0.0620. The van der Waals surface area contributed by atoms with E-state index >= 15 is 0 Å². The second-order valence-corrected chi connectivity index (χ2v) is 10.0. The van der Waals surface area contributed by atoms with Crippen molar-refractivity contribution in [2.45, 2.75) is 33.9 Å². The number of Topliss-reactive ketones (excluding diaryl/α,β-unsaturated/α-hetero) is 1. The number of nitrogens with one attached hydrogen (secondary N) is 1. The fraction of sp³-hybridized carbons (Fsp3) is 0.261. The van der Waals surface area contributed by atoms with Gasteiger partial charge in [0.2, 0.25) is 5.91 Å². The van der Waals surface area contributed by atoms with Crippen molar-refractivity contribution < 1.29 is 14.0 Å². The highest BCUT2D eigenvalue weighted by Crippen LogP contribution is 2.21. The van der Waals surface area contributed by atoms with Crippen LogP contribution in [-0.4, -0.2) is 16.3 Å². The highest BCUT2D eigenvalue weighted by atomic mass is 35.5. The average molecular weight is 493 g/mol. The van der Waals surface area contributed by atoms with Crippen LogP contribution in [0.2, 0.25) is 10.0 Å². The second kappa shape index (κ2) is 9.90. The number of hydrogen-bond donors (Lipinski definition) is 1. The molecule has 3 aromatic rings. The van der Waals surface area contributed by atoms with Crippen LogP contribution in [0.25, 0.3) is 12.2 Å². The summed E-state index contributed by atoms with van der Waals surface area (Å²) in [4.78, 5) is 38.2. The Bertz CT molecular complexity index is 1320. The van der Waals surface area contributed by atoms with Gasteiger partial charge in [-0.05, 0) is 35.9 Å². The fourth-order valence-electron chi connectivity index (χ4n) is 2.68. The molecule has 1 aromatic carbocycles. The molecule has 0 atom stereocenters. The number of nitrogens with zero attached hydrogens (tertiary/aromatic N) is 1. The number of thiazole rings is 1. The summed E-state index contributed by atoms with van der Waals surface area (Å²) in [5, 5.41) is 3.59. The van der Waals surface area contributed by atoms with Gasteiger partial charge < -0.3 is 9.73 Å². The van der Waals surface area contributed by atoms with Crippen molar-refractivity contribution in [1.29, 1.82) is 0 Å². The first-order valence-corrected chi connectivity index (χ1v) is 11.3. The lowest BCUT2D eigenvalue weighted by Crippen LogP contribution is -2.38. The van der Waals surface area contributed by atoms with Gasteiger partial charge in [0.05, 0.1) is 17.3 Å². The molecular weight excluding hydrogens is 471 g/mol. The maximum absolute atomic E-state index is 13.1. The Labute approximate surface area is 198 Å². The minimum atomic E-state index is -0.629. The van der Waals surface area contributed by atoms with E-state index < -0.39 is 5.41 Å². The number of carbonyl (C=O) groups excluding carboxylic acids is 2. The summed E-state index contributed by atoms with van der Waals surface area (Å²) in [6, 6.07) is 8.41. The SMILES string of the molecule is CC(C)(C)C(=O)C=c1sc(=Cc2ccc(Cl)cc2Cl)c(=O)n1CC(=O)NCc1ccco1. The van der Waals surface area contributed by atoms with Gasteiger partial charge in [-0.25, -0.2) is 0 Å². The van der Waals surface area contributed by atoms with E-state index in [1.165, 1.54) is 16.9 Å². The van der Waals surface area contributed by atoms with Crippen LogP contribution in [0.3, 0.4) is 0 Å². The average Bonchev–Trinajstić information content (AvgIpc) is 3.32. The zero-order chi connectivity index (χ0) is 23.5. The summed E-state index contributed by atoms with van der Waals surface area (Å²) < 4.78 is 7.23. The summed E-state index contributed by atoms with van der Waals surface area (Å²) in [5.41, 5.74) is -0.407. The molecule has 0 aliphatic rings. The van der Waals surface area contributed by atoms with Crippen LogP contribution in [-0.2, 0) is 22.7 Å². The number of halogens is 2.